The molecule has 0 heterocycles. The Hall–Kier alpha value is -0.300. The van der Waals surface area contributed by atoms with E-state index in [1.54, 1.807) is 7.11 Å². The number of methoxy groups -OCH3 is 1. The zero-order valence-corrected chi connectivity index (χ0v) is 15.4. The highest BCUT2D eigenvalue weighted by molar-refractivity contribution is 14.1. The Balaban J connectivity index is 2.22. The Labute approximate surface area is 145 Å². The Bertz CT molecular complexity index is 621. The summed E-state index contributed by atoms with van der Waals surface area (Å²) in [4.78, 5) is 0. The van der Waals surface area contributed by atoms with Crippen molar-refractivity contribution in [3.63, 3.8) is 0 Å². The van der Waals surface area contributed by atoms with Crippen molar-refractivity contribution in [2.24, 2.45) is 5.73 Å². The predicted octanol–water partition coefficient (Wildman–Crippen LogP) is 4.96. The molecule has 1 unspecified atom stereocenters. The summed E-state index contributed by atoms with van der Waals surface area (Å²) in [6.07, 6.45) is 0.717. The van der Waals surface area contributed by atoms with Gasteiger partial charge in [0.2, 0.25) is 0 Å². The van der Waals surface area contributed by atoms with Gasteiger partial charge in [0.25, 0.3) is 0 Å². The lowest BCUT2D eigenvalue weighted by atomic mass is 9.99. The maximum atomic E-state index is 6.28. The Morgan fingerprint density at radius 3 is 2.70 bits per heavy atom. The third-order valence-corrected chi connectivity index (χ3v) is 5.41. The van der Waals surface area contributed by atoms with Crippen molar-refractivity contribution in [2.75, 3.05) is 7.11 Å². The van der Waals surface area contributed by atoms with E-state index in [0.717, 1.165) is 29.9 Å². The molecule has 0 amide bonds. The molecule has 2 nitrogen and oxygen atoms in total. The molecule has 0 aliphatic rings. The predicted molar refractivity (Wildman–Crippen MR) is 95.5 cm³/mol. The molecular formula is C15H14BrClINO. The fourth-order valence-corrected chi connectivity index (χ4v) is 2.87. The van der Waals surface area contributed by atoms with Gasteiger partial charge in [0.1, 0.15) is 5.75 Å². The first-order valence-electron chi connectivity index (χ1n) is 6.04. The van der Waals surface area contributed by atoms with Crippen molar-refractivity contribution in [3.8, 4) is 5.75 Å². The first kappa shape index (κ1) is 16.1. The van der Waals surface area contributed by atoms with Gasteiger partial charge in [0, 0.05) is 14.1 Å². The summed E-state index contributed by atoms with van der Waals surface area (Å²) in [5.74, 6) is 0.830. The second-order valence-electron chi connectivity index (χ2n) is 4.44. The standard InChI is InChI=1S/C15H14BrClINO/c1-20-11-3-4-12(16)10(6-11)8-15(19)9-2-5-14(18)13(17)7-9/h2-7,15H,8,19H2,1H3. The van der Waals surface area contributed by atoms with Crippen LogP contribution in [0.4, 0.5) is 0 Å². The molecular weight excluding hydrogens is 452 g/mol. The highest BCUT2D eigenvalue weighted by Crippen LogP contribution is 2.28. The molecule has 20 heavy (non-hydrogen) atoms. The van der Waals surface area contributed by atoms with Gasteiger partial charge in [0.15, 0.2) is 0 Å². The highest BCUT2D eigenvalue weighted by atomic mass is 127. The highest BCUT2D eigenvalue weighted by Gasteiger charge is 2.12. The number of hydrogen-bond acceptors (Lipinski definition) is 2. The molecule has 1 atom stereocenters. The fourth-order valence-electron chi connectivity index (χ4n) is 1.93. The minimum Gasteiger partial charge on any atom is -0.497 e. The van der Waals surface area contributed by atoms with Crippen molar-refractivity contribution in [2.45, 2.75) is 12.5 Å². The van der Waals surface area contributed by atoms with Gasteiger partial charge in [-0.05, 0) is 70.5 Å². The average Bonchev–Trinajstić information content (AvgIpc) is 2.44. The maximum absolute atomic E-state index is 6.28. The first-order valence-corrected chi connectivity index (χ1v) is 8.29. The molecule has 0 radical (unpaired) electrons. The Morgan fingerprint density at radius 2 is 2.05 bits per heavy atom. The van der Waals surface area contributed by atoms with E-state index in [1.807, 2.05) is 36.4 Å². The topological polar surface area (TPSA) is 35.2 Å². The van der Waals surface area contributed by atoms with Crippen molar-refractivity contribution in [1.29, 1.82) is 0 Å². The summed E-state index contributed by atoms with van der Waals surface area (Å²) in [7, 11) is 1.66. The fraction of sp³-hybridized carbons (Fsp3) is 0.200. The van der Waals surface area contributed by atoms with E-state index >= 15 is 0 Å². The van der Waals surface area contributed by atoms with Crippen LogP contribution in [0.15, 0.2) is 40.9 Å². The molecule has 2 aromatic rings. The van der Waals surface area contributed by atoms with Crippen LogP contribution in [0.2, 0.25) is 5.02 Å². The number of halogens is 3. The number of benzene rings is 2. The minimum atomic E-state index is -0.104. The van der Waals surface area contributed by atoms with Gasteiger partial charge in [-0.25, -0.2) is 0 Å². The minimum absolute atomic E-state index is 0.104. The summed E-state index contributed by atoms with van der Waals surface area (Å²) >= 11 is 11.9. The maximum Gasteiger partial charge on any atom is 0.119 e. The van der Waals surface area contributed by atoms with E-state index in [4.69, 9.17) is 22.1 Å². The smallest absolute Gasteiger partial charge is 0.119 e. The normalized spacial score (nSPS) is 12.2. The van der Waals surface area contributed by atoms with Crippen LogP contribution < -0.4 is 10.5 Å². The molecule has 2 aromatic carbocycles. The molecule has 5 heteroatoms. The second-order valence-corrected chi connectivity index (χ2v) is 6.87. The monoisotopic (exact) mass is 465 g/mol. The third-order valence-electron chi connectivity index (χ3n) is 3.06. The van der Waals surface area contributed by atoms with Gasteiger partial charge in [-0.15, -0.1) is 0 Å². The van der Waals surface area contributed by atoms with Crippen LogP contribution in [0.1, 0.15) is 17.2 Å². The van der Waals surface area contributed by atoms with Crippen LogP contribution in [0.5, 0.6) is 5.75 Å². The number of hydrogen-bond donors (Lipinski definition) is 1. The lowest BCUT2D eigenvalue weighted by Gasteiger charge is -2.15. The van der Waals surface area contributed by atoms with Crippen LogP contribution in [0, 0.1) is 3.57 Å². The number of nitrogens with two attached hydrogens (primary N) is 1. The SMILES string of the molecule is COc1ccc(Br)c(CC(N)c2ccc(I)c(Cl)c2)c1. The molecule has 2 N–H and O–H groups in total. The van der Waals surface area contributed by atoms with E-state index in [2.05, 4.69) is 38.5 Å². The molecule has 0 aromatic heterocycles. The van der Waals surface area contributed by atoms with E-state index in [9.17, 15) is 0 Å². The lowest BCUT2D eigenvalue weighted by molar-refractivity contribution is 0.414. The van der Waals surface area contributed by atoms with Gasteiger partial charge in [-0.2, -0.15) is 0 Å². The number of rotatable bonds is 4. The second kappa shape index (κ2) is 7.11. The largest absolute Gasteiger partial charge is 0.497 e. The molecule has 106 valence electrons. The summed E-state index contributed by atoms with van der Waals surface area (Å²) in [6, 6.07) is 11.7. The van der Waals surface area contributed by atoms with E-state index < -0.39 is 0 Å². The van der Waals surface area contributed by atoms with Crippen molar-refractivity contribution >= 4 is 50.1 Å². The van der Waals surface area contributed by atoms with Crippen LogP contribution in [-0.4, -0.2) is 7.11 Å². The molecule has 0 fully saturated rings. The van der Waals surface area contributed by atoms with Crippen LogP contribution in [-0.2, 0) is 6.42 Å². The molecule has 0 aliphatic heterocycles. The molecule has 0 aliphatic carbocycles. The van der Waals surface area contributed by atoms with Crippen molar-refractivity contribution < 1.29 is 4.74 Å². The Kier molecular flexibility index (Phi) is 5.72. The third kappa shape index (κ3) is 3.87. The van der Waals surface area contributed by atoms with Gasteiger partial charge in [0.05, 0.1) is 12.1 Å². The van der Waals surface area contributed by atoms with Gasteiger partial charge < -0.3 is 10.5 Å². The number of ether oxygens (including phenoxy) is 1. The zero-order chi connectivity index (χ0) is 14.7. The first-order chi connectivity index (χ1) is 9.51. The summed E-state index contributed by atoms with van der Waals surface area (Å²) in [5.41, 5.74) is 8.43. The molecule has 2 rings (SSSR count). The van der Waals surface area contributed by atoms with Gasteiger partial charge >= 0.3 is 0 Å². The average molecular weight is 467 g/mol. The molecule has 0 saturated carbocycles. The summed E-state index contributed by atoms with van der Waals surface area (Å²) in [6.45, 7) is 0. The van der Waals surface area contributed by atoms with Crippen molar-refractivity contribution in [1.82, 2.24) is 0 Å². The van der Waals surface area contributed by atoms with Crippen LogP contribution in [0.25, 0.3) is 0 Å². The summed E-state index contributed by atoms with van der Waals surface area (Å²) in [5, 5.41) is 0.739. The van der Waals surface area contributed by atoms with Gasteiger partial charge in [-0.1, -0.05) is 33.6 Å². The van der Waals surface area contributed by atoms with Crippen LogP contribution in [0.3, 0.4) is 0 Å². The van der Waals surface area contributed by atoms with E-state index in [0.29, 0.717) is 6.42 Å². The Morgan fingerprint density at radius 1 is 1.30 bits per heavy atom. The molecule has 0 bridgehead atoms. The van der Waals surface area contributed by atoms with Crippen LogP contribution >= 0.6 is 50.1 Å². The van der Waals surface area contributed by atoms with E-state index in [-0.39, 0.29) is 6.04 Å². The molecule has 0 saturated heterocycles. The van der Waals surface area contributed by atoms with E-state index in [1.165, 1.54) is 0 Å². The molecule has 0 spiro atoms. The summed E-state index contributed by atoms with van der Waals surface area (Å²) < 4.78 is 7.31. The quantitative estimate of drug-likeness (QED) is 0.647. The van der Waals surface area contributed by atoms with Crippen molar-refractivity contribution in [3.05, 3.63) is 60.6 Å². The zero-order valence-electron chi connectivity index (χ0n) is 10.9. The van der Waals surface area contributed by atoms with Gasteiger partial charge in [-0.3, -0.25) is 0 Å². The lowest BCUT2D eigenvalue weighted by Crippen LogP contribution is -2.13.